The van der Waals surface area contributed by atoms with Crippen LogP contribution in [0, 0.1) is 5.92 Å². The van der Waals surface area contributed by atoms with Crippen LogP contribution < -0.4 is 16.0 Å². The molecule has 1 saturated heterocycles. The van der Waals surface area contributed by atoms with Crippen molar-refractivity contribution in [1.29, 1.82) is 0 Å². The molecule has 7 heteroatoms. The molecule has 1 aromatic rings. The minimum absolute atomic E-state index is 0. The van der Waals surface area contributed by atoms with Gasteiger partial charge in [0.1, 0.15) is 0 Å². The van der Waals surface area contributed by atoms with E-state index in [1.165, 1.54) is 24.9 Å². The monoisotopic (exact) mass is 499 g/mol. The summed E-state index contributed by atoms with van der Waals surface area (Å²) in [5.74, 6) is 1.76. The second-order valence-electron chi connectivity index (χ2n) is 8.06. The van der Waals surface area contributed by atoms with E-state index in [-0.39, 0.29) is 35.8 Å². The molecule has 0 aliphatic carbocycles. The maximum Gasteiger partial charge on any atom is 0.225 e. The third kappa shape index (κ3) is 6.07. The highest BCUT2D eigenvalue weighted by molar-refractivity contribution is 14.0. The smallest absolute Gasteiger partial charge is 0.225 e. The highest BCUT2D eigenvalue weighted by Crippen LogP contribution is 2.31. The fourth-order valence-corrected chi connectivity index (χ4v) is 4.17. The van der Waals surface area contributed by atoms with Crippen molar-refractivity contribution in [1.82, 2.24) is 15.5 Å². The number of benzene rings is 1. The number of nitrogens with zero attached hydrogens (tertiary/aromatic N) is 2. The maximum atomic E-state index is 12.0. The molecule has 1 fully saturated rings. The van der Waals surface area contributed by atoms with Crippen molar-refractivity contribution in [2.24, 2.45) is 10.9 Å². The maximum absolute atomic E-state index is 12.0. The molecular formula is C21H34IN5O. The number of para-hydroxylation sites is 1. The lowest BCUT2D eigenvalue weighted by Crippen LogP contribution is -2.46. The standard InChI is InChI=1S/C21H33N5O.HI/c1-15(2)14-26-10-6-7-17(26)13-24-21(22-3)23-12-16-11-20(27)25-19-9-5-4-8-18(16)19;/h4-5,8-9,15-17H,6-7,10-14H2,1-3H3,(H,25,27)(H2,22,23,24);1H/t16?,17-;/m1./s1. The molecule has 0 saturated carbocycles. The number of hydrogen-bond acceptors (Lipinski definition) is 3. The van der Waals surface area contributed by atoms with Crippen LogP contribution in [0.3, 0.4) is 0 Å². The Morgan fingerprint density at radius 3 is 2.79 bits per heavy atom. The molecule has 3 rings (SSSR count). The van der Waals surface area contributed by atoms with E-state index >= 15 is 0 Å². The van der Waals surface area contributed by atoms with Gasteiger partial charge in [-0.3, -0.25) is 14.7 Å². The molecular weight excluding hydrogens is 465 g/mol. The van der Waals surface area contributed by atoms with Gasteiger partial charge in [-0.1, -0.05) is 32.0 Å². The predicted molar refractivity (Wildman–Crippen MR) is 127 cm³/mol. The number of carbonyl (C=O) groups excluding carboxylic acids is 1. The molecule has 2 heterocycles. The van der Waals surface area contributed by atoms with E-state index in [2.05, 4.69) is 45.8 Å². The van der Waals surface area contributed by atoms with Gasteiger partial charge in [-0.15, -0.1) is 24.0 Å². The van der Waals surface area contributed by atoms with Crippen LogP contribution >= 0.6 is 24.0 Å². The lowest BCUT2D eigenvalue weighted by atomic mass is 9.90. The summed E-state index contributed by atoms with van der Waals surface area (Å²) in [6.45, 7) is 8.53. The van der Waals surface area contributed by atoms with Gasteiger partial charge in [-0.2, -0.15) is 0 Å². The number of amides is 1. The molecule has 1 aromatic carbocycles. The highest BCUT2D eigenvalue weighted by atomic mass is 127. The first kappa shape index (κ1) is 22.9. The quantitative estimate of drug-likeness (QED) is 0.320. The molecule has 1 amide bonds. The first-order valence-electron chi connectivity index (χ1n) is 10.1. The summed E-state index contributed by atoms with van der Waals surface area (Å²) in [5, 5.41) is 9.86. The lowest BCUT2D eigenvalue weighted by Gasteiger charge is -2.28. The molecule has 0 spiro atoms. The summed E-state index contributed by atoms with van der Waals surface area (Å²) < 4.78 is 0. The first-order valence-corrected chi connectivity index (χ1v) is 10.1. The van der Waals surface area contributed by atoms with Gasteiger partial charge in [0.05, 0.1) is 0 Å². The minimum atomic E-state index is 0. The Balaban J connectivity index is 0.00000280. The summed E-state index contributed by atoms with van der Waals surface area (Å²) in [6, 6.07) is 8.63. The molecule has 28 heavy (non-hydrogen) atoms. The van der Waals surface area contributed by atoms with Crippen molar-refractivity contribution >= 4 is 41.5 Å². The van der Waals surface area contributed by atoms with Gasteiger partial charge >= 0.3 is 0 Å². The van der Waals surface area contributed by atoms with Gasteiger partial charge in [0, 0.05) is 50.7 Å². The molecule has 2 aliphatic rings. The minimum Gasteiger partial charge on any atom is -0.356 e. The molecule has 2 atom stereocenters. The Bertz CT molecular complexity index is 679. The van der Waals surface area contributed by atoms with E-state index in [0.29, 0.717) is 24.9 Å². The van der Waals surface area contributed by atoms with Gasteiger partial charge in [-0.25, -0.2) is 0 Å². The molecule has 3 N–H and O–H groups in total. The molecule has 0 bridgehead atoms. The van der Waals surface area contributed by atoms with Crippen LogP contribution in [0.15, 0.2) is 29.3 Å². The number of rotatable bonds is 6. The third-order valence-corrected chi connectivity index (χ3v) is 5.45. The normalized spacial score (nSPS) is 22.4. The number of nitrogens with one attached hydrogen (secondary N) is 3. The average Bonchev–Trinajstić information content (AvgIpc) is 3.07. The second kappa shape index (κ2) is 11.0. The number of aliphatic imine (C=N–C) groups is 1. The number of fused-ring (bicyclic) bond motifs is 1. The zero-order chi connectivity index (χ0) is 19.2. The van der Waals surface area contributed by atoms with Crippen LogP contribution in [0.1, 0.15) is 44.6 Å². The molecule has 6 nitrogen and oxygen atoms in total. The first-order chi connectivity index (χ1) is 13.1. The Labute approximate surface area is 186 Å². The Morgan fingerprint density at radius 2 is 2.04 bits per heavy atom. The van der Waals surface area contributed by atoms with Crippen molar-refractivity contribution in [2.75, 3.05) is 38.5 Å². The molecule has 1 unspecified atom stereocenters. The third-order valence-electron chi connectivity index (χ3n) is 5.45. The average molecular weight is 499 g/mol. The van der Waals surface area contributed by atoms with E-state index in [9.17, 15) is 4.79 Å². The van der Waals surface area contributed by atoms with Gasteiger partial charge in [0.15, 0.2) is 5.96 Å². The number of carbonyl (C=O) groups is 1. The zero-order valence-electron chi connectivity index (χ0n) is 17.2. The van der Waals surface area contributed by atoms with Crippen molar-refractivity contribution in [3.05, 3.63) is 29.8 Å². The SMILES string of the molecule is CN=C(NCC1CC(=O)Nc2ccccc21)NC[C@H]1CCCN1CC(C)C.I. The van der Waals surface area contributed by atoms with Crippen LogP contribution in [0.25, 0.3) is 0 Å². The van der Waals surface area contributed by atoms with Gasteiger partial charge in [0.25, 0.3) is 0 Å². The predicted octanol–water partition coefficient (Wildman–Crippen LogP) is 3.02. The van der Waals surface area contributed by atoms with Crippen LogP contribution in [0.2, 0.25) is 0 Å². The van der Waals surface area contributed by atoms with E-state index in [1.807, 2.05) is 18.2 Å². The molecule has 0 aromatic heterocycles. The largest absolute Gasteiger partial charge is 0.356 e. The van der Waals surface area contributed by atoms with E-state index in [1.54, 1.807) is 7.05 Å². The van der Waals surface area contributed by atoms with Crippen molar-refractivity contribution in [2.45, 2.75) is 45.1 Å². The molecule has 2 aliphatic heterocycles. The second-order valence-corrected chi connectivity index (χ2v) is 8.06. The summed E-state index contributed by atoms with van der Waals surface area (Å²) >= 11 is 0. The van der Waals surface area contributed by atoms with Gasteiger partial charge < -0.3 is 16.0 Å². The lowest BCUT2D eigenvalue weighted by molar-refractivity contribution is -0.116. The summed E-state index contributed by atoms with van der Waals surface area (Å²) in [5.41, 5.74) is 2.12. The molecule has 156 valence electrons. The highest BCUT2D eigenvalue weighted by Gasteiger charge is 2.26. The summed E-state index contributed by atoms with van der Waals surface area (Å²) in [7, 11) is 1.80. The fraction of sp³-hybridized carbons (Fsp3) is 0.619. The van der Waals surface area contributed by atoms with E-state index in [4.69, 9.17) is 0 Å². The van der Waals surface area contributed by atoms with Crippen molar-refractivity contribution < 1.29 is 4.79 Å². The summed E-state index contributed by atoms with van der Waals surface area (Å²) in [6.07, 6.45) is 3.03. The van der Waals surface area contributed by atoms with Gasteiger partial charge in [-0.05, 0) is 36.9 Å². The van der Waals surface area contributed by atoms with E-state index < -0.39 is 0 Å². The summed E-state index contributed by atoms with van der Waals surface area (Å²) in [4.78, 5) is 18.9. The topological polar surface area (TPSA) is 68.8 Å². The Hall–Kier alpha value is -1.35. The van der Waals surface area contributed by atoms with E-state index in [0.717, 1.165) is 24.7 Å². The number of anilines is 1. The number of halogens is 1. The van der Waals surface area contributed by atoms with Crippen molar-refractivity contribution in [3.8, 4) is 0 Å². The Morgan fingerprint density at radius 1 is 1.29 bits per heavy atom. The van der Waals surface area contributed by atoms with Crippen molar-refractivity contribution in [3.63, 3.8) is 0 Å². The molecule has 0 radical (unpaired) electrons. The van der Waals surface area contributed by atoms with Crippen LogP contribution in [-0.4, -0.2) is 56.0 Å². The number of likely N-dealkylation sites (tertiary alicyclic amines) is 1. The number of hydrogen-bond donors (Lipinski definition) is 3. The Kier molecular flexibility index (Phi) is 9.01. The van der Waals surface area contributed by atoms with Gasteiger partial charge in [0.2, 0.25) is 5.91 Å². The zero-order valence-corrected chi connectivity index (χ0v) is 19.5. The fourth-order valence-electron chi connectivity index (χ4n) is 4.17. The number of guanidine groups is 1. The van der Waals surface area contributed by atoms with Crippen LogP contribution in [0.5, 0.6) is 0 Å². The van der Waals surface area contributed by atoms with Crippen LogP contribution in [-0.2, 0) is 4.79 Å². The van der Waals surface area contributed by atoms with Crippen LogP contribution in [0.4, 0.5) is 5.69 Å².